The summed E-state index contributed by atoms with van der Waals surface area (Å²) in [5.74, 6) is 1.18. The van der Waals surface area contributed by atoms with Crippen LogP contribution in [0.25, 0.3) is 0 Å². The monoisotopic (exact) mass is 305 g/mol. The lowest BCUT2D eigenvalue weighted by Gasteiger charge is -2.35. The zero-order chi connectivity index (χ0) is 15.4. The van der Waals surface area contributed by atoms with Crippen molar-refractivity contribution in [1.29, 1.82) is 0 Å². The number of piperidine rings is 1. The number of ether oxygens (including phenoxy) is 3. The molecule has 2 aliphatic heterocycles. The van der Waals surface area contributed by atoms with Crippen molar-refractivity contribution in [3.05, 3.63) is 30.3 Å². The van der Waals surface area contributed by atoms with Crippen molar-refractivity contribution < 1.29 is 19.0 Å². The summed E-state index contributed by atoms with van der Waals surface area (Å²) in [5, 5.41) is 0. The minimum atomic E-state index is -0.460. The topological polar surface area (TPSA) is 48.0 Å². The van der Waals surface area contributed by atoms with E-state index in [0.29, 0.717) is 19.1 Å². The molecule has 2 fully saturated rings. The van der Waals surface area contributed by atoms with E-state index in [-0.39, 0.29) is 12.2 Å². The van der Waals surface area contributed by atoms with Gasteiger partial charge in [0.2, 0.25) is 0 Å². The van der Waals surface area contributed by atoms with Gasteiger partial charge in [-0.05, 0) is 31.9 Å². The van der Waals surface area contributed by atoms with Crippen molar-refractivity contribution in [2.75, 3.05) is 26.3 Å². The molecule has 0 aromatic heterocycles. The zero-order valence-electron chi connectivity index (χ0n) is 12.9. The first-order chi connectivity index (χ1) is 10.7. The first kappa shape index (κ1) is 15.3. The van der Waals surface area contributed by atoms with Crippen LogP contribution in [-0.2, 0) is 14.3 Å². The number of amides is 1. The number of hydrogen-bond donors (Lipinski definition) is 0. The molecule has 0 radical (unpaired) electrons. The summed E-state index contributed by atoms with van der Waals surface area (Å²) < 4.78 is 16.8. The molecule has 120 valence electrons. The van der Waals surface area contributed by atoms with Crippen LogP contribution >= 0.6 is 0 Å². The van der Waals surface area contributed by atoms with Crippen LogP contribution in [0.5, 0.6) is 5.75 Å². The van der Waals surface area contributed by atoms with Gasteiger partial charge in [-0.3, -0.25) is 4.79 Å². The molecule has 2 aliphatic rings. The molecule has 1 unspecified atom stereocenters. The second-order valence-electron chi connectivity index (χ2n) is 5.85. The van der Waals surface area contributed by atoms with E-state index in [1.54, 1.807) is 0 Å². The summed E-state index contributed by atoms with van der Waals surface area (Å²) in [6.45, 7) is 4.67. The molecule has 0 spiro atoms. The molecule has 22 heavy (non-hydrogen) atoms. The van der Waals surface area contributed by atoms with Crippen LogP contribution in [0.2, 0.25) is 0 Å². The highest BCUT2D eigenvalue weighted by atomic mass is 16.7. The minimum absolute atomic E-state index is 0.0514. The summed E-state index contributed by atoms with van der Waals surface area (Å²) in [4.78, 5) is 14.4. The van der Waals surface area contributed by atoms with Gasteiger partial charge in [-0.1, -0.05) is 18.2 Å². The molecule has 2 saturated heterocycles. The minimum Gasteiger partial charge on any atom is -0.481 e. The molecule has 3 rings (SSSR count). The fraction of sp³-hybridized carbons (Fsp3) is 0.588. The first-order valence-corrected chi connectivity index (χ1v) is 7.98. The van der Waals surface area contributed by atoms with Crippen LogP contribution in [0.4, 0.5) is 0 Å². The maximum absolute atomic E-state index is 12.5. The van der Waals surface area contributed by atoms with Gasteiger partial charge in [0.15, 0.2) is 12.4 Å². The Labute approximate surface area is 131 Å². The highest BCUT2D eigenvalue weighted by Crippen LogP contribution is 2.26. The maximum Gasteiger partial charge on any atom is 0.263 e. The van der Waals surface area contributed by atoms with E-state index in [0.717, 1.165) is 31.7 Å². The van der Waals surface area contributed by atoms with Crippen molar-refractivity contribution >= 4 is 5.91 Å². The van der Waals surface area contributed by atoms with Gasteiger partial charge >= 0.3 is 0 Å². The van der Waals surface area contributed by atoms with E-state index in [1.165, 1.54) is 0 Å². The van der Waals surface area contributed by atoms with Gasteiger partial charge in [-0.15, -0.1) is 0 Å². The molecule has 1 atom stereocenters. The van der Waals surface area contributed by atoms with Crippen LogP contribution in [-0.4, -0.2) is 49.5 Å². The Morgan fingerprint density at radius 3 is 2.45 bits per heavy atom. The number of likely N-dealkylation sites (tertiary alicyclic amines) is 1. The van der Waals surface area contributed by atoms with Crippen molar-refractivity contribution in [1.82, 2.24) is 4.90 Å². The second-order valence-corrected chi connectivity index (χ2v) is 5.85. The Morgan fingerprint density at radius 2 is 1.82 bits per heavy atom. The third kappa shape index (κ3) is 3.59. The molecule has 0 saturated carbocycles. The Bertz CT molecular complexity index is 479. The average Bonchev–Trinajstić information content (AvgIpc) is 3.10. The van der Waals surface area contributed by atoms with Gasteiger partial charge in [0.05, 0.1) is 13.2 Å². The predicted molar refractivity (Wildman–Crippen MR) is 81.5 cm³/mol. The van der Waals surface area contributed by atoms with Gasteiger partial charge in [-0.2, -0.15) is 0 Å². The van der Waals surface area contributed by atoms with Gasteiger partial charge in [0, 0.05) is 19.0 Å². The molecule has 5 nitrogen and oxygen atoms in total. The van der Waals surface area contributed by atoms with Crippen LogP contribution in [0, 0.1) is 5.92 Å². The smallest absolute Gasteiger partial charge is 0.263 e. The third-order valence-corrected chi connectivity index (χ3v) is 4.29. The highest BCUT2D eigenvalue weighted by molar-refractivity contribution is 5.81. The number of carbonyl (C=O) groups excluding carboxylic acids is 1. The Balaban J connectivity index is 1.48. The molecule has 2 heterocycles. The van der Waals surface area contributed by atoms with E-state index < -0.39 is 6.10 Å². The number of benzene rings is 1. The fourth-order valence-electron chi connectivity index (χ4n) is 3.05. The van der Waals surface area contributed by atoms with Crippen molar-refractivity contribution in [2.45, 2.75) is 32.2 Å². The Hall–Kier alpha value is -1.59. The van der Waals surface area contributed by atoms with E-state index >= 15 is 0 Å². The maximum atomic E-state index is 12.5. The number of hydrogen-bond acceptors (Lipinski definition) is 4. The third-order valence-electron chi connectivity index (χ3n) is 4.29. The molecule has 0 aliphatic carbocycles. The van der Waals surface area contributed by atoms with Crippen molar-refractivity contribution in [3.8, 4) is 5.75 Å². The summed E-state index contributed by atoms with van der Waals surface area (Å²) >= 11 is 0. The molecule has 1 aromatic rings. The summed E-state index contributed by atoms with van der Waals surface area (Å²) in [6, 6.07) is 9.46. The van der Waals surface area contributed by atoms with E-state index in [4.69, 9.17) is 14.2 Å². The lowest BCUT2D eigenvalue weighted by Crippen LogP contribution is -2.46. The molecule has 1 amide bonds. The summed E-state index contributed by atoms with van der Waals surface area (Å²) in [7, 11) is 0. The number of rotatable bonds is 4. The normalized spacial score (nSPS) is 21.8. The van der Waals surface area contributed by atoms with E-state index in [9.17, 15) is 4.79 Å². The van der Waals surface area contributed by atoms with Gasteiger partial charge in [-0.25, -0.2) is 0 Å². The molecule has 0 bridgehead atoms. The largest absolute Gasteiger partial charge is 0.481 e. The quantitative estimate of drug-likeness (QED) is 0.854. The van der Waals surface area contributed by atoms with Crippen molar-refractivity contribution in [2.24, 2.45) is 5.92 Å². The van der Waals surface area contributed by atoms with Crippen LogP contribution in [0.15, 0.2) is 30.3 Å². The number of para-hydroxylation sites is 1. The van der Waals surface area contributed by atoms with Crippen LogP contribution < -0.4 is 4.74 Å². The lowest BCUT2D eigenvalue weighted by molar-refractivity contribution is -0.143. The van der Waals surface area contributed by atoms with Gasteiger partial charge < -0.3 is 19.1 Å². The second kappa shape index (κ2) is 7.11. The molecule has 5 heteroatoms. The summed E-state index contributed by atoms with van der Waals surface area (Å²) in [6.07, 6.45) is 1.32. The average molecular weight is 305 g/mol. The molecular weight excluding hydrogens is 282 g/mol. The van der Waals surface area contributed by atoms with E-state index in [2.05, 4.69) is 0 Å². The van der Waals surface area contributed by atoms with Crippen molar-refractivity contribution in [3.63, 3.8) is 0 Å². The molecule has 1 aromatic carbocycles. The number of nitrogens with zero attached hydrogens (tertiary/aromatic N) is 1. The summed E-state index contributed by atoms with van der Waals surface area (Å²) in [5.41, 5.74) is 0. The standard InChI is InChI=1S/C17H23NO4/c1-13(22-15-5-3-2-4-6-15)16(19)18-9-7-14(8-10-18)17-20-11-12-21-17/h2-6,13-14,17H,7-12H2,1H3. The van der Waals surface area contributed by atoms with Crippen LogP contribution in [0.1, 0.15) is 19.8 Å². The fourth-order valence-corrected chi connectivity index (χ4v) is 3.05. The Morgan fingerprint density at radius 1 is 1.18 bits per heavy atom. The predicted octanol–water partition coefficient (Wildman–Crippen LogP) is 2.07. The Kier molecular flexibility index (Phi) is 4.95. The lowest BCUT2D eigenvalue weighted by atomic mass is 9.96. The zero-order valence-corrected chi connectivity index (χ0v) is 12.9. The SMILES string of the molecule is CC(Oc1ccccc1)C(=O)N1CCC(C2OCCO2)CC1. The first-order valence-electron chi connectivity index (χ1n) is 7.98. The van der Waals surface area contributed by atoms with Crippen LogP contribution in [0.3, 0.4) is 0 Å². The molecular formula is C17H23NO4. The highest BCUT2D eigenvalue weighted by Gasteiger charge is 2.33. The number of carbonyl (C=O) groups is 1. The molecule has 0 N–H and O–H groups in total. The van der Waals surface area contributed by atoms with Gasteiger partial charge in [0.1, 0.15) is 5.75 Å². The van der Waals surface area contributed by atoms with Gasteiger partial charge in [0.25, 0.3) is 5.91 Å². The van der Waals surface area contributed by atoms with E-state index in [1.807, 2.05) is 42.2 Å².